The summed E-state index contributed by atoms with van der Waals surface area (Å²) in [6.07, 6.45) is 7.82. The van der Waals surface area contributed by atoms with E-state index in [4.69, 9.17) is 0 Å². The first kappa shape index (κ1) is 18.2. The van der Waals surface area contributed by atoms with E-state index >= 15 is 0 Å². The zero-order valence-corrected chi connectivity index (χ0v) is 15.1. The number of benzene rings is 1. The Kier molecular flexibility index (Phi) is 6.81. The van der Waals surface area contributed by atoms with Gasteiger partial charge in [0.05, 0.1) is 0 Å². The normalized spacial score (nSPS) is 14.6. The summed E-state index contributed by atoms with van der Waals surface area (Å²) in [5, 5.41) is 17.2. The molecule has 0 spiro atoms. The smallest absolute Gasteiger partial charge is 0.320 e. The van der Waals surface area contributed by atoms with E-state index in [2.05, 4.69) is 50.4 Å². The van der Waals surface area contributed by atoms with Gasteiger partial charge in [0.1, 0.15) is 5.82 Å². The van der Waals surface area contributed by atoms with Crippen LogP contribution in [-0.2, 0) is 6.42 Å². The van der Waals surface area contributed by atoms with Crippen molar-refractivity contribution in [3.63, 3.8) is 0 Å². The van der Waals surface area contributed by atoms with Crippen LogP contribution in [0.2, 0.25) is 0 Å². The van der Waals surface area contributed by atoms with Crippen molar-refractivity contribution in [1.29, 1.82) is 0 Å². The van der Waals surface area contributed by atoms with Crippen molar-refractivity contribution in [3.05, 3.63) is 48.0 Å². The molecule has 0 aliphatic heterocycles. The van der Waals surface area contributed by atoms with Crippen LogP contribution >= 0.6 is 0 Å². The largest absolute Gasteiger partial charge is 0.369 e. The lowest BCUT2D eigenvalue weighted by atomic mass is 9.96. The Bertz CT molecular complexity index is 668. The van der Waals surface area contributed by atoms with Crippen molar-refractivity contribution in [2.75, 3.05) is 17.2 Å². The van der Waals surface area contributed by atoms with E-state index in [9.17, 15) is 4.79 Å². The van der Waals surface area contributed by atoms with E-state index in [0.717, 1.165) is 38.0 Å². The average Bonchev–Trinajstić information content (AvgIpc) is 2.68. The zero-order chi connectivity index (χ0) is 18.0. The minimum atomic E-state index is -0.199. The third kappa shape index (κ3) is 6.02. The first-order valence-electron chi connectivity index (χ1n) is 9.48. The summed E-state index contributed by atoms with van der Waals surface area (Å²) < 4.78 is 0. The van der Waals surface area contributed by atoms with Gasteiger partial charge in [-0.15, -0.1) is 10.2 Å². The Morgan fingerprint density at radius 2 is 1.69 bits per heavy atom. The lowest BCUT2D eigenvalue weighted by Gasteiger charge is -2.22. The molecule has 0 saturated heterocycles. The summed E-state index contributed by atoms with van der Waals surface area (Å²) in [5.41, 5.74) is 1.34. The van der Waals surface area contributed by atoms with Crippen molar-refractivity contribution in [3.8, 4) is 0 Å². The molecule has 0 radical (unpaired) electrons. The first-order chi connectivity index (χ1) is 12.8. The standard InChI is InChI=1S/C20H27N5O/c26-20(22-17-11-5-2-6-12-17)23-19-14-13-18(24-25-19)21-15-7-10-16-8-3-1-4-9-16/h1,3-4,8-9,13-14,17H,2,5-7,10-12,15H2,(H,21,24)(H2,22,23,25,26). The van der Waals surface area contributed by atoms with Crippen molar-refractivity contribution in [2.24, 2.45) is 0 Å². The average molecular weight is 353 g/mol. The van der Waals surface area contributed by atoms with Crippen molar-refractivity contribution in [2.45, 2.75) is 51.0 Å². The van der Waals surface area contributed by atoms with Crippen molar-refractivity contribution >= 4 is 17.7 Å². The fourth-order valence-corrected chi connectivity index (χ4v) is 3.23. The number of hydrogen-bond acceptors (Lipinski definition) is 4. The van der Waals surface area contributed by atoms with E-state index in [1.54, 1.807) is 6.07 Å². The Morgan fingerprint density at radius 1 is 0.962 bits per heavy atom. The second kappa shape index (κ2) is 9.75. The van der Waals surface area contributed by atoms with Gasteiger partial charge in [0.15, 0.2) is 5.82 Å². The van der Waals surface area contributed by atoms with E-state index in [1.807, 2.05) is 12.1 Å². The molecule has 138 valence electrons. The number of rotatable bonds is 7. The van der Waals surface area contributed by atoms with Gasteiger partial charge in [-0.25, -0.2) is 4.79 Å². The molecule has 0 unspecified atom stereocenters. The molecule has 6 nitrogen and oxygen atoms in total. The highest BCUT2D eigenvalue weighted by Gasteiger charge is 2.15. The highest BCUT2D eigenvalue weighted by molar-refractivity contribution is 5.88. The molecule has 1 aromatic heterocycles. The van der Waals surface area contributed by atoms with Crippen LogP contribution in [0.25, 0.3) is 0 Å². The summed E-state index contributed by atoms with van der Waals surface area (Å²) in [7, 11) is 0. The molecule has 1 aliphatic rings. The number of carbonyl (C=O) groups excluding carboxylic acids is 1. The van der Waals surface area contributed by atoms with Crippen LogP contribution in [0.4, 0.5) is 16.4 Å². The third-order valence-corrected chi connectivity index (χ3v) is 4.64. The molecule has 26 heavy (non-hydrogen) atoms. The van der Waals surface area contributed by atoms with E-state index < -0.39 is 0 Å². The fourth-order valence-electron chi connectivity index (χ4n) is 3.23. The summed E-state index contributed by atoms with van der Waals surface area (Å²) in [6.45, 7) is 0.832. The third-order valence-electron chi connectivity index (χ3n) is 4.64. The predicted octanol–water partition coefficient (Wildman–Crippen LogP) is 3.98. The second-order valence-electron chi connectivity index (χ2n) is 6.75. The molecule has 1 heterocycles. The van der Waals surface area contributed by atoms with Gasteiger partial charge in [-0.3, -0.25) is 5.32 Å². The maximum atomic E-state index is 12.0. The molecule has 0 bridgehead atoms. The molecular weight excluding hydrogens is 326 g/mol. The van der Waals surface area contributed by atoms with Gasteiger partial charge in [0, 0.05) is 12.6 Å². The highest BCUT2D eigenvalue weighted by Crippen LogP contribution is 2.17. The molecule has 6 heteroatoms. The summed E-state index contributed by atoms with van der Waals surface area (Å²) in [5.74, 6) is 1.18. The van der Waals surface area contributed by atoms with Gasteiger partial charge in [-0.1, -0.05) is 49.6 Å². The minimum absolute atomic E-state index is 0.199. The van der Waals surface area contributed by atoms with Gasteiger partial charge >= 0.3 is 6.03 Å². The van der Waals surface area contributed by atoms with Crippen LogP contribution in [0.15, 0.2) is 42.5 Å². The number of hydrogen-bond donors (Lipinski definition) is 3. The topological polar surface area (TPSA) is 78.9 Å². The number of aryl methyl sites for hydroxylation is 1. The Balaban J connectivity index is 1.36. The predicted molar refractivity (Wildman–Crippen MR) is 104 cm³/mol. The molecule has 1 saturated carbocycles. The monoisotopic (exact) mass is 353 g/mol. The molecule has 1 aromatic carbocycles. The van der Waals surface area contributed by atoms with Crippen molar-refractivity contribution < 1.29 is 4.79 Å². The van der Waals surface area contributed by atoms with Crippen LogP contribution in [0, 0.1) is 0 Å². The summed E-state index contributed by atoms with van der Waals surface area (Å²) in [4.78, 5) is 12.0. The maximum absolute atomic E-state index is 12.0. The molecule has 2 amide bonds. The van der Waals surface area contributed by atoms with Crippen LogP contribution in [0.5, 0.6) is 0 Å². The lowest BCUT2D eigenvalue weighted by molar-refractivity contribution is 0.244. The minimum Gasteiger partial charge on any atom is -0.369 e. The van der Waals surface area contributed by atoms with Crippen LogP contribution < -0.4 is 16.0 Å². The number of nitrogens with one attached hydrogen (secondary N) is 3. The number of anilines is 2. The van der Waals surface area contributed by atoms with E-state index in [-0.39, 0.29) is 12.1 Å². The number of nitrogens with zero attached hydrogens (tertiary/aromatic N) is 2. The Morgan fingerprint density at radius 3 is 2.42 bits per heavy atom. The number of urea groups is 1. The number of aromatic nitrogens is 2. The Hall–Kier alpha value is -2.63. The van der Waals surface area contributed by atoms with Gasteiger partial charge in [0.2, 0.25) is 0 Å². The number of carbonyl (C=O) groups is 1. The van der Waals surface area contributed by atoms with Crippen LogP contribution in [-0.4, -0.2) is 28.8 Å². The summed E-state index contributed by atoms with van der Waals surface area (Å²) in [6, 6.07) is 14.1. The molecule has 1 fully saturated rings. The number of amides is 2. The van der Waals surface area contributed by atoms with Gasteiger partial charge in [0.25, 0.3) is 0 Å². The van der Waals surface area contributed by atoms with Gasteiger partial charge in [-0.2, -0.15) is 0 Å². The first-order valence-corrected chi connectivity index (χ1v) is 9.48. The van der Waals surface area contributed by atoms with Gasteiger partial charge in [-0.05, 0) is 43.4 Å². The molecular formula is C20H27N5O. The lowest BCUT2D eigenvalue weighted by Crippen LogP contribution is -2.39. The fraction of sp³-hybridized carbons (Fsp3) is 0.450. The van der Waals surface area contributed by atoms with E-state index in [0.29, 0.717) is 5.82 Å². The SMILES string of the molecule is O=C(Nc1ccc(NCCCc2ccccc2)nn1)NC1CCCCC1. The quantitative estimate of drug-likeness (QED) is 0.658. The zero-order valence-electron chi connectivity index (χ0n) is 15.1. The molecule has 2 aromatic rings. The van der Waals surface area contributed by atoms with Gasteiger partial charge < -0.3 is 10.6 Å². The summed E-state index contributed by atoms with van der Waals surface area (Å²) >= 11 is 0. The molecule has 0 atom stereocenters. The van der Waals surface area contributed by atoms with Crippen molar-refractivity contribution in [1.82, 2.24) is 15.5 Å². The van der Waals surface area contributed by atoms with E-state index in [1.165, 1.54) is 24.8 Å². The van der Waals surface area contributed by atoms with Crippen LogP contribution in [0.3, 0.4) is 0 Å². The Labute approximate surface area is 154 Å². The van der Waals surface area contributed by atoms with Crippen LogP contribution in [0.1, 0.15) is 44.1 Å². The molecule has 3 N–H and O–H groups in total. The molecule has 3 rings (SSSR count). The highest BCUT2D eigenvalue weighted by atomic mass is 16.2. The molecule has 1 aliphatic carbocycles. The second-order valence-corrected chi connectivity index (χ2v) is 6.75. The maximum Gasteiger partial charge on any atom is 0.320 e.